The second-order valence-corrected chi connectivity index (χ2v) is 4.90. The predicted octanol–water partition coefficient (Wildman–Crippen LogP) is 2.65. The second-order valence-electron chi connectivity index (χ2n) is 4.90. The predicted molar refractivity (Wildman–Crippen MR) is 48.8 cm³/mol. The second kappa shape index (κ2) is 2.34. The SMILES string of the molecule is CC(=O)[C@@]1(C)[C@@H]2CC[C@@H](C2)[C@@H]1C. The van der Waals surface area contributed by atoms with Crippen LogP contribution in [0.1, 0.15) is 40.0 Å². The molecule has 0 amide bonds. The van der Waals surface area contributed by atoms with Gasteiger partial charge in [-0.05, 0) is 43.9 Å². The maximum absolute atomic E-state index is 11.6. The van der Waals surface area contributed by atoms with Crippen LogP contribution in [0.3, 0.4) is 0 Å². The fourth-order valence-electron chi connectivity index (χ4n) is 3.48. The molecular weight excluding hydrogens is 148 g/mol. The quantitative estimate of drug-likeness (QED) is 0.585. The van der Waals surface area contributed by atoms with Crippen molar-refractivity contribution < 1.29 is 4.79 Å². The van der Waals surface area contributed by atoms with Gasteiger partial charge >= 0.3 is 0 Å². The summed E-state index contributed by atoms with van der Waals surface area (Å²) < 4.78 is 0. The molecule has 0 aromatic heterocycles. The van der Waals surface area contributed by atoms with Crippen molar-refractivity contribution in [2.45, 2.75) is 40.0 Å². The number of ketones is 1. The first-order valence-electron chi connectivity index (χ1n) is 5.08. The Morgan fingerprint density at radius 1 is 1.42 bits per heavy atom. The normalized spacial score (nSPS) is 51.4. The highest BCUT2D eigenvalue weighted by molar-refractivity contribution is 5.83. The van der Waals surface area contributed by atoms with Gasteiger partial charge in [0.2, 0.25) is 0 Å². The van der Waals surface area contributed by atoms with E-state index in [9.17, 15) is 4.79 Å². The van der Waals surface area contributed by atoms with Crippen molar-refractivity contribution >= 4 is 5.78 Å². The molecule has 0 spiro atoms. The first-order chi connectivity index (χ1) is 5.56. The molecule has 2 aliphatic rings. The monoisotopic (exact) mass is 166 g/mol. The maximum Gasteiger partial charge on any atom is 0.136 e. The topological polar surface area (TPSA) is 17.1 Å². The summed E-state index contributed by atoms with van der Waals surface area (Å²) in [5, 5.41) is 0. The zero-order valence-electron chi connectivity index (χ0n) is 8.26. The van der Waals surface area contributed by atoms with Gasteiger partial charge in [0.05, 0.1) is 0 Å². The Balaban J connectivity index is 2.32. The number of carbonyl (C=O) groups is 1. The third kappa shape index (κ3) is 0.773. The number of rotatable bonds is 1. The van der Waals surface area contributed by atoms with Crippen LogP contribution in [-0.4, -0.2) is 5.78 Å². The van der Waals surface area contributed by atoms with E-state index < -0.39 is 0 Å². The van der Waals surface area contributed by atoms with Gasteiger partial charge in [0, 0.05) is 5.41 Å². The van der Waals surface area contributed by atoms with Crippen molar-refractivity contribution in [2.75, 3.05) is 0 Å². The highest BCUT2D eigenvalue weighted by atomic mass is 16.1. The van der Waals surface area contributed by atoms with Crippen LogP contribution in [0.4, 0.5) is 0 Å². The first-order valence-corrected chi connectivity index (χ1v) is 5.08. The van der Waals surface area contributed by atoms with Gasteiger partial charge in [-0.3, -0.25) is 4.79 Å². The van der Waals surface area contributed by atoms with Gasteiger partial charge in [0.25, 0.3) is 0 Å². The van der Waals surface area contributed by atoms with Crippen LogP contribution in [-0.2, 0) is 4.79 Å². The summed E-state index contributed by atoms with van der Waals surface area (Å²) in [6.07, 6.45) is 3.98. The third-order valence-electron chi connectivity index (χ3n) is 4.73. The Labute approximate surface area is 74.5 Å². The third-order valence-corrected chi connectivity index (χ3v) is 4.73. The molecular formula is C11H18O. The Bertz CT molecular complexity index is 217. The summed E-state index contributed by atoms with van der Waals surface area (Å²) in [6.45, 7) is 6.23. The molecule has 0 heterocycles. The van der Waals surface area contributed by atoms with Crippen molar-refractivity contribution in [3.05, 3.63) is 0 Å². The minimum absolute atomic E-state index is 0.0307. The largest absolute Gasteiger partial charge is 0.299 e. The van der Waals surface area contributed by atoms with Crippen molar-refractivity contribution in [1.29, 1.82) is 0 Å². The van der Waals surface area contributed by atoms with Crippen LogP contribution < -0.4 is 0 Å². The van der Waals surface area contributed by atoms with E-state index in [1.165, 1.54) is 19.3 Å². The van der Waals surface area contributed by atoms with Gasteiger partial charge in [-0.2, -0.15) is 0 Å². The number of hydrogen-bond donors (Lipinski definition) is 0. The number of Topliss-reactive ketones (excluding diaryl/α,β-unsaturated/α-hetero) is 1. The van der Waals surface area contributed by atoms with E-state index >= 15 is 0 Å². The molecule has 4 atom stereocenters. The van der Waals surface area contributed by atoms with E-state index in [1.54, 1.807) is 6.92 Å². The summed E-state index contributed by atoms with van der Waals surface area (Å²) in [5.74, 6) is 2.61. The van der Waals surface area contributed by atoms with Gasteiger partial charge in [0.1, 0.15) is 5.78 Å². The van der Waals surface area contributed by atoms with E-state index in [0.29, 0.717) is 17.6 Å². The summed E-state index contributed by atoms with van der Waals surface area (Å²) in [7, 11) is 0. The van der Waals surface area contributed by atoms with Crippen molar-refractivity contribution in [1.82, 2.24) is 0 Å². The van der Waals surface area contributed by atoms with Crippen molar-refractivity contribution in [3.8, 4) is 0 Å². The van der Waals surface area contributed by atoms with Gasteiger partial charge in [-0.1, -0.05) is 13.8 Å². The maximum atomic E-state index is 11.6. The Morgan fingerprint density at radius 2 is 2.08 bits per heavy atom. The number of carbonyl (C=O) groups excluding carboxylic acids is 1. The molecule has 2 rings (SSSR count). The van der Waals surface area contributed by atoms with E-state index in [0.717, 1.165) is 5.92 Å². The van der Waals surface area contributed by atoms with E-state index in [-0.39, 0.29) is 5.41 Å². The van der Waals surface area contributed by atoms with Crippen molar-refractivity contribution in [2.24, 2.45) is 23.2 Å². The lowest BCUT2D eigenvalue weighted by molar-refractivity contribution is -0.131. The van der Waals surface area contributed by atoms with Crippen LogP contribution in [0.2, 0.25) is 0 Å². The molecule has 0 aromatic rings. The van der Waals surface area contributed by atoms with Gasteiger partial charge < -0.3 is 0 Å². The van der Waals surface area contributed by atoms with Crippen LogP contribution in [0.25, 0.3) is 0 Å². The summed E-state index contributed by atoms with van der Waals surface area (Å²) in [5.41, 5.74) is 0.0307. The lowest BCUT2D eigenvalue weighted by Crippen LogP contribution is -2.38. The smallest absolute Gasteiger partial charge is 0.136 e. The Hall–Kier alpha value is -0.330. The van der Waals surface area contributed by atoms with E-state index in [2.05, 4.69) is 13.8 Å². The van der Waals surface area contributed by atoms with Gasteiger partial charge in [-0.25, -0.2) is 0 Å². The highest BCUT2D eigenvalue weighted by Crippen LogP contribution is 2.59. The van der Waals surface area contributed by atoms with Crippen LogP contribution in [0, 0.1) is 23.2 Å². The molecule has 1 heteroatoms. The molecule has 2 bridgehead atoms. The molecule has 12 heavy (non-hydrogen) atoms. The van der Waals surface area contributed by atoms with Crippen LogP contribution >= 0.6 is 0 Å². The van der Waals surface area contributed by atoms with Gasteiger partial charge in [0.15, 0.2) is 0 Å². The zero-order chi connectivity index (χ0) is 8.93. The van der Waals surface area contributed by atoms with Crippen LogP contribution in [0.5, 0.6) is 0 Å². The van der Waals surface area contributed by atoms with Crippen LogP contribution in [0.15, 0.2) is 0 Å². The van der Waals surface area contributed by atoms with Crippen molar-refractivity contribution in [3.63, 3.8) is 0 Å². The van der Waals surface area contributed by atoms with E-state index in [4.69, 9.17) is 0 Å². The van der Waals surface area contributed by atoms with Gasteiger partial charge in [-0.15, -0.1) is 0 Å². The lowest BCUT2D eigenvalue weighted by Gasteiger charge is -2.37. The lowest BCUT2D eigenvalue weighted by atomic mass is 9.66. The molecule has 0 radical (unpaired) electrons. The molecule has 2 fully saturated rings. The fraction of sp³-hybridized carbons (Fsp3) is 0.909. The number of fused-ring (bicyclic) bond motifs is 2. The first kappa shape index (κ1) is 8.28. The Morgan fingerprint density at radius 3 is 2.42 bits per heavy atom. The molecule has 0 unspecified atom stereocenters. The minimum atomic E-state index is 0.0307. The molecule has 0 aromatic carbocycles. The summed E-state index contributed by atoms with van der Waals surface area (Å²) in [4.78, 5) is 11.6. The molecule has 1 nitrogen and oxygen atoms in total. The molecule has 0 aliphatic heterocycles. The Kier molecular flexibility index (Phi) is 1.61. The highest BCUT2D eigenvalue weighted by Gasteiger charge is 2.55. The standard InChI is InChI=1S/C11H18O/c1-7-9-4-5-10(6-9)11(7,3)8(2)12/h7,9-10H,4-6H2,1-3H3/t7-,9-,10+,11-/m0/s1. The molecule has 2 saturated carbocycles. The molecule has 68 valence electrons. The minimum Gasteiger partial charge on any atom is -0.299 e. The summed E-state index contributed by atoms with van der Waals surface area (Å²) in [6, 6.07) is 0. The van der Waals surface area contributed by atoms with E-state index in [1.807, 2.05) is 0 Å². The fourth-order valence-corrected chi connectivity index (χ4v) is 3.48. The average Bonchev–Trinajstić information content (AvgIpc) is 2.55. The molecule has 2 aliphatic carbocycles. The molecule has 0 N–H and O–H groups in total. The number of hydrogen-bond acceptors (Lipinski definition) is 1. The zero-order valence-corrected chi connectivity index (χ0v) is 8.26. The average molecular weight is 166 g/mol. The summed E-state index contributed by atoms with van der Waals surface area (Å²) >= 11 is 0. The molecule has 0 saturated heterocycles.